The summed E-state index contributed by atoms with van der Waals surface area (Å²) >= 11 is 0. The Balaban J connectivity index is 2.05. The zero-order chi connectivity index (χ0) is 20.9. The number of nitrogens with one attached hydrogen (secondary N) is 2. The van der Waals surface area contributed by atoms with Crippen LogP contribution in [-0.2, 0) is 14.8 Å². The highest BCUT2D eigenvalue weighted by Crippen LogP contribution is 2.17. The summed E-state index contributed by atoms with van der Waals surface area (Å²) in [7, 11) is -3.65. The van der Waals surface area contributed by atoms with Crippen LogP contribution in [0.4, 0.5) is 11.4 Å². The van der Waals surface area contributed by atoms with E-state index in [-0.39, 0.29) is 10.6 Å². The summed E-state index contributed by atoms with van der Waals surface area (Å²) in [6.45, 7) is 5.23. The minimum atomic E-state index is -3.65. The molecular formula is C19H21N3O5S. The fourth-order valence-electron chi connectivity index (χ4n) is 2.28. The average Bonchev–Trinajstić information content (AvgIpc) is 2.58. The van der Waals surface area contributed by atoms with Gasteiger partial charge in [-0.2, -0.15) is 0 Å². The first kappa shape index (κ1) is 21.3. The predicted molar refractivity (Wildman–Crippen MR) is 107 cm³/mol. The molecule has 2 N–H and O–H groups in total. The van der Waals surface area contributed by atoms with Crippen LogP contribution in [-0.4, -0.2) is 24.8 Å². The van der Waals surface area contributed by atoms with Gasteiger partial charge in [-0.1, -0.05) is 12.1 Å². The summed E-state index contributed by atoms with van der Waals surface area (Å²) < 4.78 is 27.1. The third-order valence-corrected chi connectivity index (χ3v) is 5.15. The molecule has 9 heteroatoms. The number of nitro benzene ring substituents is 1. The van der Waals surface area contributed by atoms with Gasteiger partial charge in [-0.15, -0.1) is 0 Å². The van der Waals surface area contributed by atoms with Crippen molar-refractivity contribution >= 4 is 33.4 Å². The lowest BCUT2D eigenvalue weighted by molar-refractivity contribution is -0.384. The van der Waals surface area contributed by atoms with Crippen LogP contribution in [0.3, 0.4) is 0 Å². The van der Waals surface area contributed by atoms with Gasteiger partial charge in [-0.05, 0) is 56.7 Å². The van der Waals surface area contributed by atoms with Crippen molar-refractivity contribution in [2.45, 2.75) is 31.2 Å². The average molecular weight is 403 g/mol. The van der Waals surface area contributed by atoms with Crippen LogP contribution in [0.2, 0.25) is 0 Å². The van der Waals surface area contributed by atoms with Crippen molar-refractivity contribution in [1.29, 1.82) is 0 Å². The van der Waals surface area contributed by atoms with Gasteiger partial charge >= 0.3 is 0 Å². The molecule has 1 amide bonds. The number of anilines is 1. The molecule has 0 aliphatic heterocycles. The molecule has 0 bridgehead atoms. The quantitative estimate of drug-likeness (QED) is 0.436. The van der Waals surface area contributed by atoms with Crippen molar-refractivity contribution in [1.82, 2.24) is 4.72 Å². The normalized spacial score (nSPS) is 12.1. The third kappa shape index (κ3) is 6.29. The maximum atomic E-state index is 12.3. The monoisotopic (exact) mass is 403 g/mol. The second kappa shape index (κ2) is 8.32. The second-order valence-electron chi connectivity index (χ2n) is 7.05. The van der Waals surface area contributed by atoms with Crippen LogP contribution >= 0.6 is 0 Å². The van der Waals surface area contributed by atoms with Crippen LogP contribution in [0, 0.1) is 10.1 Å². The number of amides is 1. The SMILES string of the molecule is CC(C)(C)NS(=O)(=O)c1ccc(NC(=O)/C=C/c2cccc([N+](=O)[O-])c2)cc1. The topological polar surface area (TPSA) is 118 Å². The fourth-order valence-corrected chi connectivity index (χ4v) is 3.70. The van der Waals surface area contributed by atoms with Crippen LogP contribution in [0.1, 0.15) is 26.3 Å². The largest absolute Gasteiger partial charge is 0.323 e. The molecule has 0 spiro atoms. The Morgan fingerprint density at radius 3 is 2.32 bits per heavy atom. The molecular weight excluding hydrogens is 382 g/mol. The van der Waals surface area contributed by atoms with Crippen LogP contribution < -0.4 is 10.0 Å². The molecule has 0 unspecified atom stereocenters. The Labute approximate surface area is 163 Å². The minimum Gasteiger partial charge on any atom is -0.323 e. The van der Waals surface area contributed by atoms with E-state index < -0.39 is 26.4 Å². The number of hydrogen-bond acceptors (Lipinski definition) is 5. The highest BCUT2D eigenvalue weighted by atomic mass is 32.2. The van der Waals surface area contributed by atoms with E-state index in [0.717, 1.165) is 0 Å². The number of benzene rings is 2. The predicted octanol–water partition coefficient (Wildman–Crippen LogP) is 3.32. The van der Waals surface area contributed by atoms with Crippen LogP contribution in [0.25, 0.3) is 6.08 Å². The molecule has 0 saturated heterocycles. The number of nitro groups is 1. The van der Waals surface area contributed by atoms with E-state index in [1.165, 1.54) is 54.6 Å². The number of sulfonamides is 1. The van der Waals surface area contributed by atoms with Gasteiger partial charge in [0.25, 0.3) is 5.69 Å². The lowest BCUT2D eigenvalue weighted by Crippen LogP contribution is -2.40. The van der Waals surface area contributed by atoms with Gasteiger partial charge in [-0.3, -0.25) is 14.9 Å². The molecule has 2 rings (SSSR count). The van der Waals surface area contributed by atoms with Crippen molar-refractivity contribution in [3.05, 3.63) is 70.3 Å². The molecule has 0 heterocycles. The Morgan fingerprint density at radius 1 is 1.11 bits per heavy atom. The molecule has 0 aliphatic carbocycles. The molecule has 28 heavy (non-hydrogen) atoms. The molecule has 0 radical (unpaired) electrons. The maximum absolute atomic E-state index is 12.3. The molecule has 2 aromatic carbocycles. The van der Waals surface area contributed by atoms with Crippen molar-refractivity contribution in [3.8, 4) is 0 Å². The number of carbonyl (C=O) groups is 1. The zero-order valence-corrected chi connectivity index (χ0v) is 16.5. The summed E-state index contributed by atoms with van der Waals surface area (Å²) in [5.74, 6) is -0.449. The summed E-state index contributed by atoms with van der Waals surface area (Å²) in [6.07, 6.45) is 2.69. The zero-order valence-electron chi connectivity index (χ0n) is 15.7. The van der Waals surface area contributed by atoms with Gasteiger partial charge in [0.1, 0.15) is 0 Å². The Kier molecular flexibility index (Phi) is 6.32. The highest BCUT2D eigenvalue weighted by Gasteiger charge is 2.21. The van der Waals surface area contributed by atoms with Gasteiger partial charge in [0, 0.05) is 29.4 Å². The first-order chi connectivity index (χ1) is 13.0. The molecule has 8 nitrogen and oxygen atoms in total. The molecule has 0 atom stereocenters. The lowest BCUT2D eigenvalue weighted by Gasteiger charge is -2.20. The lowest BCUT2D eigenvalue weighted by atomic mass is 10.1. The Hall–Kier alpha value is -3.04. The van der Waals surface area contributed by atoms with Crippen LogP contribution in [0.5, 0.6) is 0 Å². The van der Waals surface area contributed by atoms with Gasteiger partial charge < -0.3 is 5.32 Å². The van der Waals surface area contributed by atoms with Crippen LogP contribution in [0.15, 0.2) is 59.5 Å². The van der Waals surface area contributed by atoms with Crippen molar-refractivity contribution in [2.75, 3.05) is 5.32 Å². The molecule has 0 fully saturated rings. The van der Waals surface area contributed by atoms with E-state index in [4.69, 9.17) is 0 Å². The second-order valence-corrected chi connectivity index (χ2v) is 8.74. The van der Waals surface area contributed by atoms with Crippen molar-refractivity contribution < 1.29 is 18.1 Å². The Morgan fingerprint density at radius 2 is 1.75 bits per heavy atom. The van der Waals surface area contributed by atoms with E-state index in [2.05, 4.69) is 10.0 Å². The summed E-state index contributed by atoms with van der Waals surface area (Å²) in [5.41, 5.74) is 0.258. The summed E-state index contributed by atoms with van der Waals surface area (Å²) in [4.78, 5) is 22.4. The summed E-state index contributed by atoms with van der Waals surface area (Å²) in [6, 6.07) is 11.6. The number of rotatable bonds is 6. The molecule has 0 aliphatic rings. The Bertz CT molecular complexity index is 1010. The van der Waals surface area contributed by atoms with Gasteiger partial charge in [0.2, 0.25) is 15.9 Å². The van der Waals surface area contributed by atoms with Gasteiger partial charge in [0.15, 0.2) is 0 Å². The van der Waals surface area contributed by atoms with Gasteiger partial charge in [-0.25, -0.2) is 13.1 Å². The molecule has 148 valence electrons. The van der Waals surface area contributed by atoms with E-state index in [1.807, 2.05) is 0 Å². The number of nitrogens with zero attached hydrogens (tertiary/aromatic N) is 1. The maximum Gasteiger partial charge on any atom is 0.270 e. The fraction of sp³-hybridized carbons (Fsp3) is 0.211. The van der Waals surface area contributed by atoms with Crippen molar-refractivity contribution in [3.63, 3.8) is 0 Å². The first-order valence-electron chi connectivity index (χ1n) is 8.34. The smallest absolute Gasteiger partial charge is 0.270 e. The highest BCUT2D eigenvalue weighted by molar-refractivity contribution is 7.89. The van der Waals surface area contributed by atoms with E-state index in [1.54, 1.807) is 26.8 Å². The number of non-ortho nitro benzene ring substituents is 1. The summed E-state index contributed by atoms with van der Waals surface area (Å²) in [5, 5.41) is 13.4. The molecule has 2 aromatic rings. The number of hydrogen-bond donors (Lipinski definition) is 2. The van der Waals surface area contributed by atoms with E-state index in [9.17, 15) is 23.3 Å². The molecule has 0 saturated carbocycles. The van der Waals surface area contributed by atoms with E-state index >= 15 is 0 Å². The minimum absolute atomic E-state index is 0.0665. The molecule has 0 aromatic heterocycles. The number of carbonyl (C=O) groups excluding carboxylic acids is 1. The van der Waals surface area contributed by atoms with Gasteiger partial charge in [0.05, 0.1) is 9.82 Å². The third-order valence-electron chi connectivity index (χ3n) is 3.38. The van der Waals surface area contributed by atoms with E-state index in [0.29, 0.717) is 11.3 Å². The standard InChI is InChI=1S/C19H21N3O5S/c1-19(2,3)21-28(26,27)17-10-8-15(9-11-17)20-18(23)12-7-14-5-4-6-16(13-14)22(24)25/h4-13,21H,1-3H3,(H,20,23)/b12-7+. The van der Waals surface area contributed by atoms with Crippen molar-refractivity contribution in [2.24, 2.45) is 0 Å². The first-order valence-corrected chi connectivity index (χ1v) is 9.82.